The zero-order valence-corrected chi connectivity index (χ0v) is 10.2. The van der Waals surface area contributed by atoms with Crippen molar-refractivity contribution in [2.75, 3.05) is 26.1 Å². The van der Waals surface area contributed by atoms with Crippen molar-refractivity contribution >= 4 is 5.69 Å². The molecule has 3 heteroatoms. The number of methoxy groups -OCH3 is 2. The number of hydrogen-bond donors (Lipinski definition) is 1. The Kier molecular flexibility index (Phi) is 3.22. The zero-order valence-electron chi connectivity index (χ0n) is 10.2. The van der Waals surface area contributed by atoms with E-state index < -0.39 is 0 Å². The molecule has 2 rings (SSSR count). The first-order valence-electron chi connectivity index (χ1n) is 5.77. The highest BCUT2D eigenvalue weighted by Gasteiger charge is 2.23. The fourth-order valence-corrected chi connectivity index (χ4v) is 2.26. The molecule has 0 aromatic heterocycles. The fourth-order valence-electron chi connectivity index (χ4n) is 2.26. The largest absolute Gasteiger partial charge is 0.496 e. The molecule has 1 unspecified atom stereocenters. The third kappa shape index (κ3) is 1.82. The Balaban J connectivity index is 2.42. The predicted molar refractivity (Wildman–Crippen MR) is 65.5 cm³/mol. The van der Waals surface area contributed by atoms with E-state index in [1.165, 1.54) is 12.0 Å². The van der Waals surface area contributed by atoms with Crippen molar-refractivity contribution in [3.63, 3.8) is 0 Å². The summed E-state index contributed by atoms with van der Waals surface area (Å²) < 4.78 is 10.8. The number of hydrogen-bond acceptors (Lipinski definition) is 3. The van der Waals surface area contributed by atoms with E-state index in [0.29, 0.717) is 5.92 Å². The van der Waals surface area contributed by atoms with Gasteiger partial charge in [-0.3, -0.25) is 0 Å². The van der Waals surface area contributed by atoms with Crippen molar-refractivity contribution in [1.29, 1.82) is 0 Å². The van der Waals surface area contributed by atoms with Crippen molar-refractivity contribution in [2.24, 2.45) is 5.92 Å². The Hall–Kier alpha value is -1.38. The molecule has 0 saturated heterocycles. The summed E-state index contributed by atoms with van der Waals surface area (Å²) >= 11 is 0. The van der Waals surface area contributed by atoms with Gasteiger partial charge in [-0.1, -0.05) is 13.3 Å². The van der Waals surface area contributed by atoms with Gasteiger partial charge in [0.25, 0.3) is 0 Å². The molecule has 3 nitrogen and oxygen atoms in total. The normalized spacial score (nSPS) is 18.6. The number of ether oxygens (including phenoxy) is 2. The average Bonchev–Trinajstić information content (AvgIpc) is 2.36. The lowest BCUT2D eigenvalue weighted by molar-refractivity contribution is 0.391. The van der Waals surface area contributed by atoms with Gasteiger partial charge < -0.3 is 14.8 Å². The molecular formula is C13H19NO2. The molecule has 1 aromatic rings. The summed E-state index contributed by atoms with van der Waals surface area (Å²) in [5.74, 6) is 2.56. The SMILES string of the molecule is CCC1CNc2c(OC)ccc(OC)c2C1. The fraction of sp³-hybridized carbons (Fsp3) is 0.538. The quantitative estimate of drug-likeness (QED) is 0.851. The summed E-state index contributed by atoms with van der Waals surface area (Å²) in [4.78, 5) is 0. The summed E-state index contributed by atoms with van der Waals surface area (Å²) in [6.45, 7) is 3.25. The van der Waals surface area contributed by atoms with Gasteiger partial charge in [-0.2, -0.15) is 0 Å². The van der Waals surface area contributed by atoms with Crippen LogP contribution in [0.25, 0.3) is 0 Å². The van der Waals surface area contributed by atoms with Gasteiger partial charge in [-0.25, -0.2) is 0 Å². The maximum atomic E-state index is 5.41. The van der Waals surface area contributed by atoms with E-state index in [1.54, 1.807) is 14.2 Å². The molecule has 0 saturated carbocycles. The molecule has 1 aromatic carbocycles. The smallest absolute Gasteiger partial charge is 0.142 e. The van der Waals surface area contributed by atoms with Crippen LogP contribution in [0.1, 0.15) is 18.9 Å². The van der Waals surface area contributed by atoms with E-state index >= 15 is 0 Å². The number of fused-ring (bicyclic) bond motifs is 1. The van der Waals surface area contributed by atoms with Gasteiger partial charge in [-0.05, 0) is 24.5 Å². The summed E-state index contributed by atoms with van der Waals surface area (Å²) in [6, 6.07) is 3.94. The minimum absolute atomic E-state index is 0.688. The van der Waals surface area contributed by atoms with Crippen molar-refractivity contribution in [3.05, 3.63) is 17.7 Å². The molecule has 0 fully saturated rings. The van der Waals surface area contributed by atoms with Gasteiger partial charge in [0.1, 0.15) is 11.5 Å². The average molecular weight is 221 g/mol. The van der Waals surface area contributed by atoms with Crippen LogP contribution >= 0.6 is 0 Å². The number of benzene rings is 1. The lowest BCUT2D eigenvalue weighted by Crippen LogP contribution is -2.23. The van der Waals surface area contributed by atoms with Gasteiger partial charge >= 0.3 is 0 Å². The van der Waals surface area contributed by atoms with Gasteiger partial charge in [0.05, 0.1) is 19.9 Å². The lowest BCUT2D eigenvalue weighted by Gasteiger charge is -2.28. The second-order valence-electron chi connectivity index (χ2n) is 4.18. The minimum Gasteiger partial charge on any atom is -0.496 e. The number of rotatable bonds is 3. The summed E-state index contributed by atoms with van der Waals surface area (Å²) in [6.07, 6.45) is 2.26. The van der Waals surface area contributed by atoms with Crippen LogP contribution in [0.3, 0.4) is 0 Å². The molecule has 88 valence electrons. The topological polar surface area (TPSA) is 30.5 Å². The standard InChI is InChI=1S/C13H19NO2/c1-4-9-7-10-11(15-2)5-6-12(16-3)13(10)14-8-9/h5-6,9,14H,4,7-8H2,1-3H3. The van der Waals surface area contributed by atoms with Crippen LogP contribution in [0.4, 0.5) is 5.69 Å². The van der Waals surface area contributed by atoms with Gasteiger partial charge in [0, 0.05) is 12.1 Å². The van der Waals surface area contributed by atoms with Crippen LogP contribution in [-0.2, 0) is 6.42 Å². The number of nitrogens with one attached hydrogen (secondary N) is 1. The monoisotopic (exact) mass is 221 g/mol. The van der Waals surface area contributed by atoms with Crippen LogP contribution < -0.4 is 14.8 Å². The Morgan fingerprint density at radius 3 is 2.56 bits per heavy atom. The van der Waals surface area contributed by atoms with Crippen LogP contribution in [0, 0.1) is 5.92 Å². The zero-order chi connectivity index (χ0) is 11.5. The van der Waals surface area contributed by atoms with Gasteiger partial charge in [0.2, 0.25) is 0 Å². The maximum absolute atomic E-state index is 5.41. The van der Waals surface area contributed by atoms with Crippen LogP contribution in [0.15, 0.2) is 12.1 Å². The Labute approximate surface area is 96.8 Å². The second kappa shape index (κ2) is 4.64. The van der Waals surface area contributed by atoms with E-state index in [2.05, 4.69) is 12.2 Å². The summed E-state index contributed by atoms with van der Waals surface area (Å²) in [5.41, 5.74) is 2.35. The maximum Gasteiger partial charge on any atom is 0.142 e. The van der Waals surface area contributed by atoms with Crippen molar-refractivity contribution in [2.45, 2.75) is 19.8 Å². The Bertz CT molecular complexity index is 376. The molecule has 1 N–H and O–H groups in total. The van der Waals surface area contributed by atoms with Crippen molar-refractivity contribution in [3.8, 4) is 11.5 Å². The number of anilines is 1. The molecule has 1 aliphatic rings. The first-order chi connectivity index (χ1) is 7.80. The first-order valence-corrected chi connectivity index (χ1v) is 5.77. The van der Waals surface area contributed by atoms with E-state index in [1.807, 2.05) is 12.1 Å². The van der Waals surface area contributed by atoms with Crippen LogP contribution in [0.2, 0.25) is 0 Å². The molecular weight excluding hydrogens is 202 g/mol. The predicted octanol–water partition coefficient (Wildman–Crippen LogP) is 2.70. The van der Waals surface area contributed by atoms with E-state index in [0.717, 1.165) is 30.2 Å². The molecule has 1 aliphatic heterocycles. The van der Waals surface area contributed by atoms with Crippen LogP contribution in [-0.4, -0.2) is 20.8 Å². The molecule has 0 bridgehead atoms. The van der Waals surface area contributed by atoms with Crippen molar-refractivity contribution < 1.29 is 9.47 Å². The Morgan fingerprint density at radius 1 is 1.25 bits per heavy atom. The van der Waals surface area contributed by atoms with E-state index in [9.17, 15) is 0 Å². The van der Waals surface area contributed by atoms with Gasteiger partial charge in [-0.15, -0.1) is 0 Å². The van der Waals surface area contributed by atoms with E-state index in [4.69, 9.17) is 9.47 Å². The highest BCUT2D eigenvalue weighted by atomic mass is 16.5. The minimum atomic E-state index is 0.688. The Morgan fingerprint density at radius 2 is 1.94 bits per heavy atom. The molecule has 0 amide bonds. The summed E-state index contributed by atoms with van der Waals surface area (Å²) in [7, 11) is 3.42. The molecule has 1 heterocycles. The highest BCUT2D eigenvalue weighted by molar-refractivity contribution is 5.68. The second-order valence-corrected chi connectivity index (χ2v) is 4.18. The van der Waals surface area contributed by atoms with Crippen molar-refractivity contribution in [1.82, 2.24) is 0 Å². The molecule has 0 spiro atoms. The molecule has 16 heavy (non-hydrogen) atoms. The molecule has 1 atom stereocenters. The molecule has 0 radical (unpaired) electrons. The molecule has 0 aliphatic carbocycles. The van der Waals surface area contributed by atoms with E-state index in [-0.39, 0.29) is 0 Å². The summed E-state index contributed by atoms with van der Waals surface area (Å²) in [5, 5.41) is 3.45. The highest BCUT2D eigenvalue weighted by Crippen LogP contribution is 2.39. The lowest BCUT2D eigenvalue weighted by atomic mass is 9.91. The third-order valence-corrected chi connectivity index (χ3v) is 3.31. The first kappa shape index (κ1) is 11.1. The third-order valence-electron chi connectivity index (χ3n) is 3.31. The van der Waals surface area contributed by atoms with Gasteiger partial charge in [0.15, 0.2) is 0 Å². The van der Waals surface area contributed by atoms with Crippen LogP contribution in [0.5, 0.6) is 11.5 Å².